The van der Waals surface area contributed by atoms with Crippen molar-refractivity contribution in [2.45, 2.75) is 6.92 Å². The van der Waals surface area contributed by atoms with Gasteiger partial charge in [0.25, 0.3) is 0 Å². The van der Waals surface area contributed by atoms with Gasteiger partial charge in [0.2, 0.25) is 0 Å². The summed E-state index contributed by atoms with van der Waals surface area (Å²) >= 11 is 1.27. The monoisotopic (exact) mass is 171 g/mol. The molecule has 0 atom stereocenters. The van der Waals surface area contributed by atoms with Crippen molar-refractivity contribution in [3.63, 3.8) is 0 Å². The fourth-order valence-electron chi connectivity index (χ4n) is 0.680. The smallest absolute Gasteiger partial charge is 0.156 e. The molecule has 0 amide bonds. The number of hydrogen-bond acceptors (Lipinski definition) is 5. The van der Waals surface area contributed by atoms with E-state index in [9.17, 15) is 0 Å². The average Bonchev–Trinajstić information content (AvgIpc) is 2.40. The van der Waals surface area contributed by atoms with Crippen molar-refractivity contribution in [1.82, 2.24) is 15.0 Å². The highest BCUT2D eigenvalue weighted by Crippen LogP contribution is 2.08. The zero-order valence-electron chi connectivity index (χ0n) is 6.33. The molecule has 0 aliphatic heterocycles. The third kappa shape index (κ3) is 1.52. The summed E-state index contributed by atoms with van der Waals surface area (Å²) in [7, 11) is 1.66. The van der Waals surface area contributed by atoms with Crippen LogP contribution >= 0.6 is 11.5 Å². The quantitative estimate of drug-likeness (QED) is 0.263. The normalized spacial score (nSPS) is 11.7. The summed E-state index contributed by atoms with van der Waals surface area (Å²) in [6.45, 7) is 1.86. The van der Waals surface area contributed by atoms with Crippen LogP contribution in [-0.2, 0) is 0 Å². The predicted molar refractivity (Wildman–Crippen MR) is 44.4 cm³/mol. The van der Waals surface area contributed by atoms with E-state index in [1.165, 1.54) is 11.5 Å². The second-order valence-electron chi connectivity index (χ2n) is 1.90. The number of hydrazine groups is 1. The number of rotatable bonds is 1. The molecule has 1 aromatic rings. The lowest BCUT2D eigenvalue weighted by molar-refractivity contribution is 1.01. The summed E-state index contributed by atoms with van der Waals surface area (Å²) in [6, 6.07) is 0. The predicted octanol–water partition coefficient (Wildman–Crippen LogP) is -0.314. The minimum atomic E-state index is 0.623. The fourth-order valence-corrected chi connectivity index (χ4v) is 1.33. The van der Waals surface area contributed by atoms with Crippen LogP contribution in [-0.4, -0.2) is 22.5 Å². The molecule has 0 spiro atoms. The summed E-state index contributed by atoms with van der Waals surface area (Å²) < 4.78 is 3.75. The minimum Gasteiger partial charge on any atom is -0.307 e. The van der Waals surface area contributed by atoms with Crippen molar-refractivity contribution in [2.24, 2.45) is 10.8 Å². The largest absolute Gasteiger partial charge is 0.307 e. The maximum atomic E-state index is 5.21. The molecule has 6 heteroatoms. The summed E-state index contributed by atoms with van der Waals surface area (Å²) in [5, 5.41) is 3.83. The van der Waals surface area contributed by atoms with E-state index in [0.717, 1.165) is 10.6 Å². The molecule has 0 aromatic carbocycles. The first kappa shape index (κ1) is 8.09. The molecule has 3 N–H and O–H groups in total. The van der Waals surface area contributed by atoms with E-state index in [2.05, 4.69) is 20.0 Å². The van der Waals surface area contributed by atoms with Gasteiger partial charge in [-0.1, -0.05) is 4.49 Å². The zero-order valence-corrected chi connectivity index (χ0v) is 7.14. The first-order valence-corrected chi connectivity index (χ1v) is 3.79. The van der Waals surface area contributed by atoms with Gasteiger partial charge in [0.05, 0.1) is 5.69 Å². The molecular formula is C5H9N5S. The molecule has 0 unspecified atom stereocenters. The van der Waals surface area contributed by atoms with Crippen molar-refractivity contribution < 1.29 is 0 Å². The molecule has 0 bridgehead atoms. The van der Waals surface area contributed by atoms with Crippen molar-refractivity contribution in [3.8, 4) is 0 Å². The van der Waals surface area contributed by atoms with Gasteiger partial charge in [-0.15, -0.1) is 5.10 Å². The lowest BCUT2D eigenvalue weighted by Crippen LogP contribution is -2.30. The van der Waals surface area contributed by atoms with E-state index < -0.39 is 0 Å². The number of nitrogens with one attached hydrogen (secondary N) is 1. The Kier molecular flexibility index (Phi) is 2.50. The highest BCUT2D eigenvalue weighted by molar-refractivity contribution is 7.08. The molecule has 1 heterocycles. The Morgan fingerprint density at radius 1 is 1.73 bits per heavy atom. The van der Waals surface area contributed by atoms with Crippen LogP contribution in [0.3, 0.4) is 0 Å². The van der Waals surface area contributed by atoms with Gasteiger partial charge >= 0.3 is 0 Å². The van der Waals surface area contributed by atoms with E-state index in [4.69, 9.17) is 5.84 Å². The Hall–Kier alpha value is -1.01. The number of aryl methyl sites for hydroxylation is 1. The van der Waals surface area contributed by atoms with Crippen LogP contribution in [0, 0.1) is 6.92 Å². The van der Waals surface area contributed by atoms with Crippen molar-refractivity contribution in [1.29, 1.82) is 0 Å². The standard InChI is InChI=1S/C5H9N5S/c1-3-4(11-10-9-3)5(7-2)8-6/h6H2,1-2H3,(H,7,8). The summed E-state index contributed by atoms with van der Waals surface area (Å²) in [4.78, 5) is 4.81. The van der Waals surface area contributed by atoms with E-state index in [-0.39, 0.29) is 0 Å². The molecule has 11 heavy (non-hydrogen) atoms. The summed E-state index contributed by atoms with van der Waals surface area (Å²) in [5.74, 6) is 5.84. The molecule has 0 aliphatic rings. The molecule has 0 radical (unpaired) electrons. The van der Waals surface area contributed by atoms with Crippen molar-refractivity contribution in [2.75, 3.05) is 7.05 Å². The molecule has 0 saturated heterocycles. The second kappa shape index (κ2) is 3.40. The molecule has 0 fully saturated rings. The van der Waals surface area contributed by atoms with E-state index in [1.807, 2.05) is 6.92 Å². The van der Waals surface area contributed by atoms with Gasteiger partial charge < -0.3 is 5.43 Å². The molecule has 5 nitrogen and oxygen atoms in total. The lowest BCUT2D eigenvalue weighted by Gasteiger charge is -1.99. The maximum absolute atomic E-state index is 5.21. The van der Waals surface area contributed by atoms with E-state index in [1.54, 1.807) is 7.05 Å². The van der Waals surface area contributed by atoms with Crippen LogP contribution in [0.4, 0.5) is 0 Å². The third-order valence-electron chi connectivity index (χ3n) is 1.23. The Bertz CT molecular complexity index is 266. The molecule has 1 aromatic heterocycles. The molecule has 1 rings (SSSR count). The molecular weight excluding hydrogens is 162 g/mol. The van der Waals surface area contributed by atoms with Crippen LogP contribution in [0.1, 0.15) is 10.6 Å². The van der Waals surface area contributed by atoms with Crippen LogP contribution in [0.2, 0.25) is 0 Å². The van der Waals surface area contributed by atoms with Gasteiger partial charge in [-0.25, -0.2) is 5.84 Å². The van der Waals surface area contributed by atoms with E-state index >= 15 is 0 Å². The van der Waals surface area contributed by atoms with Gasteiger partial charge in [0.1, 0.15) is 4.88 Å². The van der Waals surface area contributed by atoms with E-state index in [0.29, 0.717) is 5.84 Å². The number of nitrogens with two attached hydrogens (primary N) is 1. The second-order valence-corrected chi connectivity index (χ2v) is 2.66. The van der Waals surface area contributed by atoms with Gasteiger partial charge in [-0.3, -0.25) is 4.99 Å². The first-order valence-electron chi connectivity index (χ1n) is 3.02. The minimum absolute atomic E-state index is 0.623. The highest BCUT2D eigenvalue weighted by Gasteiger charge is 2.07. The third-order valence-corrected chi connectivity index (χ3v) is 2.06. The van der Waals surface area contributed by atoms with Crippen LogP contribution < -0.4 is 11.3 Å². The summed E-state index contributed by atoms with van der Waals surface area (Å²) in [5.41, 5.74) is 3.32. The first-order chi connectivity index (χ1) is 5.29. The Morgan fingerprint density at radius 2 is 2.45 bits per heavy atom. The van der Waals surface area contributed by atoms with Crippen LogP contribution in [0.5, 0.6) is 0 Å². The highest BCUT2D eigenvalue weighted by atomic mass is 32.1. The number of amidine groups is 1. The zero-order chi connectivity index (χ0) is 8.27. The lowest BCUT2D eigenvalue weighted by atomic mass is 10.4. The Morgan fingerprint density at radius 3 is 2.82 bits per heavy atom. The number of hydrogen-bond donors (Lipinski definition) is 2. The fraction of sp³-hybridized carbons (Fsp3) is 0.400. The van der Waals surface area contributed by atoms with Gasteiger partial charge in [-0.05, 0) is 18.5 Å². The summed E-state index contributed by atoms with van der Waals surface area (Å²) in [6.07, 6.45) is 0. The van der Waals surface area contributed by atoms with Crippen molar-refractivity contribution >= 4 is 17.4 Å². The van der Waals surface area contributed by atoms with Gasteiger partial charge in [-0.2, -0.15) is 0 Å². The van der Waals surface area contributed by atoms with Gasteiger partial charge in [0.15, 0.2) is 5.84 Å². The number of nitrogens with zero attached hydrogens (tertiary/aromatic N) is 3. The average molecular weight is 171 g/mol. The molecule has 0 aliphatic carbocycles. The number of aromatic nitrogens is 2. The van der Waals surface area contributed by atoms with Crippen LogP contribution in [0.15, 0.2) is 4.99 Å². The number of aliphatic imine (C=N–C) groups is 1. The maximum Gasteiger partial charge on any atom is 0.156 e. The van der Waals surface area contributed by atoms with Crippen LogP contribution in [0.25, 0.3) is 0 Å². The van der Waals surface area contributed by atoms with Crippen molar-refractivity contribution in [3.05, 3.63) is 10.6 Å². The SMILES string of the molecule is CN=C(NN)c1snnc1C. The Labute approximate surface area is 68.5 Å². The molecule has 60 valence electrons. The Balaban J connectivity index is 3.00. The molecule has 0 saturated carbocycles. The van der Waals surface area contributed by atoms with Gasteiger partial charge in [0, 0.05) is 7.05 Å². The topological polar surface area (TPSA) is 76.2 Å².